The Bertz CT molecular complexity index is 621. The molecule has 0 bridgehead atoms. The van der Waals surface area contributed by atoms with Crippen molar-refractivity contribution in [3.63, 3.8) is 0 Å². The Labute approximate surface area is 136 Å². The van der Waals surface area contributed by atoms with Gasteiger partial charge in [-0.3, -0.25) is 4.90 Å². The highest BCUT2D eigenvalue weighted by atomic mass is 35.5. The summed E-state index contributed by atoms with van der Waals surface area (Å²) in [7, 11) is 0. The molecular weight excluding hydrogens is 298 g/mol. The van der Waals surface area contributed by atoms with Crippen molar-refractivity contribution in [2.24, 2.45) is 0 Å². The first-order valence-electron chi connectivity index (χ1n) is 7.66. The molecule has 0 spiro atoms. The first-order valence-corrected chi connectivity index (χ1v) is 8.03. The number of nitriles is 2. The van der Waals surface area contributed by atoms with Crippen molar-refractivity contribution in [1.29, 1.82) is 10.5 Å². The van der Waals surface area contributed by atoms with Crippen LogP contribution in [0.15, 0.2) is 0 Å². The first-order chi connectivity index (χ1) is 10.7. The Morgan fingerprint density at radius 3 is 2.23 bits per heavy atom. The van der Waals surface area contributed by atoms with E-state index in [9.17, 15) is 10.5 Å². The van der Waals surface area contributed by atoms with Gasteiger partial charge in [-0.2, -0.15) is 10.5 Å². The molecule has 1 saturated heterocycles. The van der Waals surface area contributed by atoms with Crippen LogP contribution in [0.3, 0.4) is 0 Å². The van der Waals surface area contributed by atoms with Crippen LogP contribution in [0.2, 0.25) is 5.15 Å². The monoisotopic (exact) mass is 317 g/mol. The average molecular weight is 318 g/mol. The van der Waals surface area contributed by atoms with Gasteiger partial charge >= 0.3 is 0 Å². The van der Waals surface area contributed by atoms with Gasteiger partial charge in [-0.05, 0) is 24.9 Å². The molecule has 6 heteroatoms. The highest BCUT2D eigenvalue weighted by Crippen LogP contribution is 2.29. The Balaban J connectivity index is 2.35. The minimum absolute atomic E-state index is 0.198. The van der Waals surface area contributed by atoms with E-state index in [2.05, 4.69) is 33.8 Å². The summed E-state index contributed by atoms with van der Waals surface area (Å²) >= 11 is 6.16. The molecule has 2 rings (SSSR count). The maximum atomic E-state index is 9.53. The molecule has 1 aromatic heterocycles. The highest BCUT2D eigenvalue weighted by molar-refractivity contribution is 6.30. The number of pyridine rings is 1. The largest absolute Gasteiger partial charge is 0.353 e. The molecule has 1 fully saturated rings. The fourth-order valence-corrected chi connectivity index (χ4v) is 3.14. The topological polar surface area (TPSA) is 66.9 Å². The van der Waals surface area contributed by atoms with Crippen molar-refractivity contribution in [2.45, 2.75) is 26.7 Å². The SMILES string of the molecule is CCCN1CCN(c2nc(Cl)c(C#N)c(CC)c2C#N)CC1. The van der Waals surface area contributed by atoms with E-state index in [0.717, 1.165) is 39.1 Å². The molecule has 0 unspecified atom stereocenters. The van der Waals surface area contributed by atoms with Crippen LogP contribution >= 0.6 is 11.6 Å². The van der Waals surface area contributed by atoms with E-state index in [1.807, 2.05) is 6.92 Å². The lowest BCUT2D eigenvalue weighted by atomic mass is 10.0. The number of halogens is 1. The first kappa shape index (κ1) is 16.5. The number of nitrogens with zero attached hydrogens (tertiary/aromatic N) is 5. The predicted octanol–water partition coefficient (Wildman–Crippen LogP) is 2.57. The summed E-state index contributed by atoms with van der Waals surface area (Å²) in [6, 6.07) is 4.29. The number of rotatable bonds is 4. The van der Waals surface area contributed by atoms with Gasteiger partial charge in [-0.1, -0.05) is 25.4 Å². The van der Waals surface area contributed by atoms with Crippen LogP contribution in [0.4, 0.5) is 5.82 Å². The second-order valence-corrected chi connectivity index (χ2v) is 5.72. The van der Waals surface area contributed by atoms with Gasteiger partial charge in [-0.15, -0.1) is 0 Å². The molecule has 0 radical (unpaired) electrons. The van der Waals surface area contributed by atoms with Crippen LogP contribution in [-0.4, -0.2) is 42.6 Å². The van der Waals surface area contributed by atoms with E-state index in [1.54, 1.807) is 0 Å². The molecule has 1 aliphatic heterocycles. The lowest BCUT2D eigenvalue weighted by molar-refractivity contribution is 0.258. The molecule has 0 aromatic carbocycles. The fraction of sp³-hybridized carbons (Fsp3) is 0.562. The molecule has 0 aliphatic carbocycles. The Morgan fingerprint density at radius 1 is 1.09 bits per heavy atom. The third-order valence-corrected chi connectivity index (χ3v) is 4.30. The van der Waals surface area contributed by atoms with Crippen LogP contribution in [0.5, 0.6) is 0 Å². The van der Waals surface area contributed by atoms with E-state index in [4.69, 9.17) is 11.6 Å². The van der Waals surface area contributed by atoms with Gasteiger partial charge in [-0.25, -0.2) is 4.98 Å². The van der Waals surface area contributed by atoms with Crippen molar-refractivity contribution in [3.8, 4) is 12.1 Å². The summed E-state index contributed by atoms with van der Waals surface area (Å²) in [6.45, 7) is 8.77. The minimum Gasteiger partial charge on any atom is -0.353 e. The van der Waals surface area contributed by atoms with Crippen molar-refractivity contribution >= 4 is 17.4 Å². The van der Waals surface area contributed by atoms with Gasteiger partial charge in [0.1, 0.15) is 23.1 Å². The molecule has 0 atom stereocenters. The van der Waals surface area contributed by atoms with E-state index >= 15 is 0 Å². The average Bonchev–Trinajstić information content (AvgIpc) is 2.54. The maximum Gasteiger partial charge on any atom is 0.149 e. The van der Waals surface area contributed by atoms with Crippen molar-refractivity contribution in [1.82, 2.24) is 9.88 Å². The summed E-state index contributed by atoms with van der Waals surface area (Å²) in [5.41, 5.74) is 1.53. The van der Waals surface area contributed by atoms with Crippen LogP contribution in [0.1, 0.15) is 37.0 Å². The minimum atomic E-state index is 0.198. The third kappa shape index (κ3) is 3.16. The molecule has 1 aromatic rings. The van der Waals surface area contributed by atoms with E-state index < -0.39 is 0 Å². The summed E-state index contributed by atoms with van der Waals surface area (Å²) in [5.74, 6) is 0.625. The molecule has 2 heterocycles. The van der Waals surface area contributed by atoms with Crippen LogP contribution in [-0.2, 0) is 6.42 Å². The molecule has 22 heavy (non-hydrogen) atoms. The molecule has 0 N–H and O–H groups in total. The van der Waals surface area contributed by atoms with Gasteiger partial charge in [0.2, 0.25) is 0 Å². The third-order valence-electron chi connectivity index (χ3n) is 4.03. The van der Waals surface area contributed by atoms with Crippen LogP contribution < -0.4 is 4.90 Å². The van der Waals surface area contributed by atoms with Gasteiger partial charge in [0.25, 0.3) is 0 Å². The number of hydrogen-bond donors (Lipinski definition) is 0. The Kier molecular flexibility index (Phi) is 5.60. The molecule has 0 saturated carbocycles. The van der Waals surface area contributed by atoms with E-state index in [-0.39, 0.29) is 5.15 Å². The summed E-state index contributed by atoms with van der Waals surface area (Å²) < 4.78 is 0. The van der Waals surface area contributed by atoms with Gasteiger partial charge < -0.3 is 4.90 Å². The molecular formula is C16H20ClN5. The number of hydrogen-bond acceptors (Lipinski definition) is 5. The molecule has 116 valence electrons. The zero-order valence-corrected chi connectivity index (χ0v) is 13.8. The summed E-state index contributed by atoms with van der Waals surface area (Å²) in [6.07, 6.45) is 1.74. The number of anilines is 1. The van der Waals surface area contributed by atoms with Crippen LogP contribution in [0, 0.1) is 22.7 Å². The fourth-order valence-electron chi connectivity index (χ4n) is 2.90. The quantitative estimate of drug-likeness (QED) is 0.798. The highest BCUT2D eigenvalue weighted by Gasteiger charge is 2.24. The van der Waals surface area contributed by atoms with Crippen molar-refractivity contribution in [3.05, 3.63) is 21.8 Å². The lowest BCUT2D eigenvalue weighted by Crippen LogP contribution is -2.47. The maximum absolute atomic E-state index is 9.53. The zero-order chi connectivity index (χ0) is 16.1. The van der Waals surface area contributed by atoms with Gasteiger partial charge in [0.15, 0.2) is 0 Å². The summed E-state index contributed by atoms with van der Waals surface area (Å²) in [4.78, 5) is 8.87. The Morgan fingerprint density at radius 2 is 1.73 bits per heavy atom. The lowest BCUT2D eigenvalue weighted by Gasteiger charge is -2.36. The molecule has 0 amide bonds. The number of aromatic nitrogens is 1. The summed E-state index contributed by atoms with van der Waals surface area (Å²) in [5, 5.41) is 19.0. The molecule has 5 nitrogen and oxygen atoms in total. The second kappa shape index (κ2) is 7.45. The number of piperazine rings is 1. The van der Waals surface area contributed by atoms with Crippen LogP contribution in [0.25, 0.3) is 0 Å². The Hall–Kier alpha value is -1.82. The van der Waals surface area contributed by atoms with E-state index in [0.29, 0.717) is 28.9 Å². The second-order valence-electron chi connectivity index (χ2n) is 5.36. The van der Waals surface area contributed by atoms with Gasteiger partial charge in [0.05, 0.1) is 11.1 Å². The smallest absolute Gasteiger partial charge is 0.149 e. The predicted molar refractivity (Wildman–Crippen MR) is 87.0 cm³/mol. The molecule has 1 aliphatic rings. The van der Waals surface area contributed by atoms with Gasteiger partial charge in [0, 0.05) is 26.2 Å². The van der Waals surface area contributed by atoms with E-state index in [1.165, 1.54) is 0 Å². The van der Waals surface area contributed by atoms with Crippen molar-refractivity contribution < 1.29 is 0 Å². The normalized spacial score (nSPS) is 15.4. The van der Waals surface area contributed by atoms with Crippen molar-refractivity contribution in [2.75, 3.05) is 37.6 Å². The zero-order valence-electron chi connectivity index (χ0n) is 13.1. The standard InChI is InChI=1S/C16H20ClN5/c1-3-5-21-6-8-22(9-7-21)16-14(11-19)12(4-2)13(10-18)15(17)20-16/h3-9H2,1-2H3.